The number of thioether (sulfide) groups is 1. The molecule has 0 spiro atoms. The molecule has 1 rings (SSSR count). The van der Waals surface area contributed by atoms with E-state index in [1.807, 2.05) is 18.3 Å². The SMILES string of the molecule is CSCc1ccc(N)nc1. The van der Waals surface area contributed by atoms with Crippen LogP contribution in [0.5, 0.6) is 0 Å². The first-order valence-corrected chi connectivity index (χ1v) is 4.41. The van der Waals surface area contributed by atoms with Gasteiger partial charge < -0.3 is 5.73 Å². The maximum Gasteiger partial charge on any atom is 0.123 e. The van der Waals surface area contributed by atoms with Crippen LogP contribution >= 0.6 is 11.8 Å². The number of aromatic nitrogens is 1. The number of pyridine rings is 1. The smallest absolute Gasteiger partial charge is 0.123 e. The topological polar surface area (TPSA) is 38.9 Å². The molecule has 3 heteroatoms. The van der Waals surface area contributed by atoms with Crippen LogP contribution in [-0.2, 0) is 5.75 Å². The van der Waals surface area contributed by atoms with E-state index in [0.29, 0.717) is 5.82 Å². The third kappa shape index (κ3) is 1.92. The van der Waals surface area contributed by atoms with Gasteiger partial charge in [0.15, 0.2) is 0 Å². The molecule has 2 N–H and O–H groups in total. The summed E-state index contributed by atoms with van der Waals surface area (Å²) in [5, 5.41) is 0. The Morgan fingerprint density at radius 1 is 1.60 bits per heavy atom. The van der Waals surface area contributed by atoms with Crippen molar-refractivity contribution in [1.29, 1.82) is 0 Å². The van der Waals surface area contributed by atoms with E-state index in [2.05, 4.69) is 11.2 Å². The van der Waals surface area contributed by atoms with E-state index >= 15 is 0 Å². The van der Waals surface area contributed by atoms with E-state index in [0.717, 1.165) is 5.75 Å². The van der Waals surface area contributed by atoms with Crippen molar-refractivity contribution >= 4 is 17.6 Å². The van der Waals surface area contributed by atoms with Gasteiger partial charge in [-0.15, -0.1) is 0 Å². The quantitative estimate of drug-likeness (QED) is 0.702. The van der Waals surface area contributed by atoms with Crippen molar-refractivity contribution in [2.45, 2.75) is 5.75 Å². The lowest BCUT2D eigenvalue weighted by atomic mass is 10.3. The summed E-state index contributed by atoms with van der Waals surface area (Å²) in [6, 6.07) is 3.82. The Labute approximate surface area is 64.8 Å². The van der Waals surface area contributed by atoms with Crippen molar-refractivity contribution < 1.29 is 0 Å². The van der Waals surface area contributed by atoms with Crippen LogP contribution in [0, 0.1) is 0 Å². The standard InChI is InChI=1S/C7H10N2S/c1-10-5-6-2-3-7(8)9-4-6/h2-4H,5H2,1H3,(H2,8,9). The highest BCUT2D eigenvalue weighted by Gasteiger charge is 1.89. The van der Waals surface area contributed by atoms with Gasteiger partial charge in [-0.25, -0.2) is 4.98 Å². The summed E-state index contributed by atoms with van der Waals surface area (Å²) in [6.07, 6.45) is 3.88. The molecule has 1 aromatic heterocycles. The van der Waals surface area contributed by atoms with Crippen LogP contribution in [0.3, 0.4) is 0 Å². The summed E-state index contributed by atoms with van der Waals surface area (Å²) in [5.41, 5.74) is 6.63. The van der Waals surface area contributed by atoms with Crippen molar-refractivity contribution in [3.63, 3.8) is 0 Å². The van der Waals surface area contributed by atoms with Gasteiger partial charge in [0.05, 0.1) is 0 Å². The lowest BCUT2D eigenvalue weighted by molar-refractivity contribution is 1.26. The molecule has 0 saturated heterocycles. The molecule has 2 nitrogen and oxygen atoms in total. The summed E-state index contributed by atoms with van der Waals surface area (Å²) in [6.45, 7) is 0. The van der Waals surface area contributed by atoms with Crippen LogP contribution in [0.1, 0.15) is 5.56 Å². The molecule has 0 bridgehead atoms. The number of nitrogens with two attached hydrogens (primary N) is 1. The maximum absolute atomic E-state index is 5.40. The molecular formula is C7H10N2S. The summed E-state index contributed by atoms with van der Waals surface area (Å²) in [4.78, 5) is 3.96. The van der Waals surface area contributed by atoms with Gasteiger partial charge in [-0.3, -0.25) is 0 Å². The molecule has 0 aliphatic carbocycles. The van der Waals surface area contributed by atoms with Crippen molar-refractivity contribution in [3.8, 4) is 0 Å². The van der Waals surface area contributed by atoms with Crippen LogP contribution in [0.2, 0.25) is 0 Å². The van der Waals surface area contributed by atoms with E-state index in [1.54, 1.807) is 11.8 Å². The number of hydrogen-bond donors (Lipinski definition) is 1. The number of rotatable bonds is 2. The van der Waals surface area contributed by atoms with Gasteiger partial charge in [0.2, 0.25) is 0 Å². The normalized spacial score (nSPS) is 9.70. The lowest BCUT2D eigenvalue weighted by Crippen LogP contribution is -1.89. The van der Waals surface area contributed by atoms with Crippen LogP contribution in [-0.4, -0.2) is 11.2 Å². The van der Waals surface area contributed by atoms with Gasteiger partial charge in [0.1, 0.15) is 5.82 Å². The average molecular weight is 154 g/mol. The van der Waals surface area contributed by atoms with E-state index in [-0.39, 0.29) is 0 Å². The molecule has 0 amide bonds. The Bertz CT molecular complexity index is 195. The van der Waals surface area contributed by atoms with Gasteiger partial charge in [-0.2, -0.15) is 11.8 Å². The largest absolute Gasteiger partial charge is 0.384 e. The van der Waals surface area contributed by atoms with Gasteiger partial charge in [-0.1, -0.05) is 6.07 Å². The van der Waals surface area contributed by atoms with Crippen LogP contribution in [0.4, 0.5) is 5.82 Å². The summed E-state index contributed by atoms with van der Waals surface area (Å²) in [5.74, 6) is 1.60. The monoisotopic (exact) mass is 154 g/mol. The third-order valence-electron chi connectivity index (χ3n) is 1.16. The fourth-order valence-electron chi connectivity index (χ4n) is 0.688. The highest BCUT2D eigenvalue weighted by Crippen LogP contribution is 2.08. The highest BCUT2D eigenvalue weighted by molar-refractivity contribution is 7.97. The Hall–Kier alpha value is -0.700. The Kier molecular flexibility index (Phi) is 2.57. The lowest BCUT2D eigenvalue weighted by Gasteiger charge is -1.96. The average Bonchev–Trinajstić information content (AvgIpc) is 1.95. The number of anilines is 1. The number of nitrogen functional groups attached to an aromatic ring is 1. The second-order valence-electron chi connectivity index (χ2n) is 2.02. The molecule has 1 aromatic rings. The molecule has 0 radical (unpaired) electrons. The van der Waals surface area contributed by atoms with Gasteiger partial charge in [0, 0.05) is 11.9 Å². The molecule has 0 unspecified atom stereocenters. The van der Waals surface area contributed by atoms with E-state index < -0.39 is 0 Å². The first-order chi connectivity index (χ1) is 4.83. The van der Waals surface area contributed by atoms with Crippen molar-refractivity contribution in [2.24, 2.45) is 0 Å². The molecule has 0 fully saturated rings. The molecule has 0 aliphatic rings. The maximum atomic E-state index is 5.40. The van der Waals surface area contributed by atoms with Crippen LogP contribution in [0.25, 0.3) is 0 Å². The summed E-state index contributed by atoms with van der Waals surface area (Å²) >= 11 is 1.78. The molecule has 10 heavy (non-hydrogen) atoms. The predicted molar refractivity (Wildman–Crippen MR) is 45.9 cm³/mol. The number of hydrogen-bond acceptors (Lipinski definition) is 3. The van der Waals surface area contributed by atoms with Crippen molar-refractivity contribution in [3.05, 3.63) is 23.9 Å². The fourth-order valence-corrected chi connectivity index (χ4v) is 1.19. The zero-order chi connectivity index (χ0) is 7.40. The number of nitrogens with zero attached hydrogens (tertiary/aromatic N) is 1. The first-order valence-electron chi connectivity index (χ1n) is 3.02. The molecule has 0 atom stereocenters. The fraction of sp³-hybridized carbons (Fsp3) is 0.286. The molecule has 0 saturated carbocycles. The molecule has 0 aliphatic heterocycles. The van der Waals surface area contributed by atoms with Crippen molar-refractivity contribution in [2.75, 3.05) is 12.0 Å². The first kappa shape index (κ1) is 7.41. The van der Waals surface area contributed by atoms with Crippen LogP contribution in [0.15, 0.2) is 18.3 Å². The zero-order valence-electron chi connectivity index (χ0n) is 5.87. The van der Waals surface area contributed by atoms with E-state index in [9.17, 15) is 0 Å². The minimum Gasteiger partial charge on any atom is -0.384 e. The second kappa shape index (κ2) is 3.46. The van der Waals surface area contributed by atoms with Crippen LogP contribution < -0.4 is 5.73 Å². The Morgan fingerprint density at radius 2 is 2.40 bits per heavy atom. The molecule has 1 heterocycles. The van der Waals surface area contributed by atoms with Gasteiger partial charge >= 0.3 is 0 Å². The Morgan fingerprint density at radius 3 is 2.90 bits per heavy atom. The zero-order valence-corrected chi connectivity index (χ0v) is 6.69. The Balaban J connectivity index is 2.69. The molecular weight excluding hydrogens is 144 g/mol. The second-order valence-corrected chi connectivity index (χ2v) is 2.89. The highest BCUT2D eigenvalue weighted by atomic mass is 32.2. The van der Waals surface area contributed by atoms with Gasteiger partial charge in [-0.05, 0) is 17.9 Å². The van der Waals surface area contributed by atoms with E-state index in [4.69, 9.17) is 5.73 Å². The van der Waals surface area contributed by atoms with Gasteiger partial charge in [0.25, 0.3) is 0 Å². The van der Waals surface area contributed by atoms with Crippen molar-refractivity contribution in [1.82, 2.24) is 4.98 Å². The minimum absolute atomic E-state index is 0.588. The molecule has 0 aromatic carbocycles. The summed E-state index contributed by atoms with van der Waals surface area (Å²) < 4.78 is 0. The predicted octanol–water partition coefficient (Wildman–Crippen LogP) is 1.53. The minimum atomic E-state index is 0.588. The molecule has 54 valence electrons. The van der Waals surface area contributed by atoms with E-state index in [1.165, 1.54) is 5.56 Å². The summed E-state index contributed by atoms with van der Waals surface area (Å²) in [7, 11) is 0. The third-order valence-corrected chi connectivity index (χ3v) is 1.78.